The SMILES string of the molecule is CNS(=O)Nc1cccc(Cc2c(C)c3ccc(Oc4ncccn4)cc3oc2=O)c1F. The summed E-state index contributed by atoms with van der Waals surface area (Å²) in [4.78, 5) is 20.7. The first-order valence-corrected chi connectivity index (χ1v) is 10.8. The van der Waals surface area contributed by atoms with Crippen molar-refractivity contribution >= 4 is 27.8 Å². The van der Waals surface area contributed by atoms with Crippen molar-refractivity contribution in [3.63, 3.8) is 0 Å². The second kappa shape index (κ2) is 9.25. The van der Waals surface area contributed by atoms with Gasteiger partial charge in [-0.25, -0.2) is 28.1 Å². The van der Waals surface area contributed by atoms with Gasteiger partial charge in [-0.05, 0) is 49.4 Å². The van der Waals surface area contributed by atoms with E-state index in [1.165, 1.54) is 13.1 Å². The molecule has 2 heterocycles. The summed E-state index contributed by atoms with van der Waals surface area (Å²) in [5.74, 6) is -0.164. The molecule has 1 atom stereocenters. The van der Waals surface area contributed by atoms with Crippen molar-refractivity contribution in [2.45, 2.75) is 13.3 Å². The molecule has 1 unspecified atom stereocenters. The molecule has 0 spiro atoms. The number of hydrogen-bond donors (Lipinski definition) is 2. The van der Waals surface area contributed by atoms with Crippen LogP contribution >= 0.6 is 0 Å². The molecule has 4 aromatic rings. The van der Waals surface area contributed by atoms with Crippen molar-refractivity contribution in [1.82, 2.24) is 14.7 Å². The van der Waals surface area contributed by atoms with Crippen molar-refractivity contribution in [2.75, 3.05) is 11.8 Å². The van der Waals surface area contributed by atoms with E-state index in [2.05, 4.69) is 19.4 Å². The highest BCUT2D eigenvalue weighted by Crippen LogP contribution is 2.28. The predicted molar refractivity (Wildman–Crippen MR) is 119 cm³/mol. The van der Waals surface area contributed by atoms with Gasteiger partial charge in [-0.15, -0.1) is 0 Å². The minimum Gasteiger partial charge on any atom is -0.424 e. The van der Waals surface area contributed by atoms with E-state index in [1.54, 1.807) is 55.7 Å². The molecule has 2 N–H and O–H groups in total. The van der Waals surface area contributed by atoms with Gasteiger partial charge in [-0.2, -0.15) is 0 Å². The smallest absolute Gasteiger partial charge is 0.340 e. The summed E-state index contributed by atoms with van der Waals surface area (Å²) >= 11 is -1.63. The van der Waals surface area contributed by atoms with E-state index >= 15 is 0 Å². The second-order valence-corrected chi connectivity index (χ2v) is 7.96. The quantitative estimate of drug-likeness (QED) is 0.413. The number of aryl methyl sites for hydroxylation is 1. The van der Waals surface area contributed by atoms with Gasteiger partial charge in [0.05, 0.1) is 5.69 Å². The van der Waals surface area contributed by atoms with E-state index in [9.17, 15) is 13.4 Å². The van der Waals surface area contributed by atoms with Crippen LogP contribution in [0.1, 0.15) is 16.7 Å². The minimum absolute atomic E-state index is 0.0216. The number of rotatable bonds is 7. The van der Waals surface area contributed by atoms with Crippen LogP contribution in [0.15, 0.2) is 64.1 Å². The van der Waals surface area contributed by atoms with Gasteiger partial charge in [0.25, 0.3) is 0 Å². The Morgan fingerprint density at radius 2 is 1.94 bits per heavy atom. The Hall–Kier alpha value is -3.63. The molecule has 32 heavy (non-hydrogen) atoms. The topological polar surface area (TPSA) is 106 Å². The second-order valence-electron chi connectivity index (χ2n) is 6.81. The summed E-state index contributed by atoms with van der Waals surface area (Å²) in [7, 11) is 1.48. The van der Waals surface area contributed by atoms with E-state index in [0.717, 1.165) is 0 Å². The predicted octanol–water partition coefficient (Wildman–Crippen LogP) is 3.62. The third-order valence-corrected chi connectivity index (χ3v) is 5.62. The fraction of sp³-hybridized carbons (Fsp3) is 0.136. The van der Waals surface area contributed by atoms with Gasteiger partial charge in [0, 0.05) is 35.8 Å². The molecule has 0 amide bonds. The third kappa shape index (κ3) is 4.51. The van der Waals surface area contributed by atoms with E-state index in [4.69, 9.17) is 9.15 Å². The maximum absolute atomic E-state index is 14.9. The van der Waals surface area contributed by atoms with Gasteiger partial charge in [0.2, 0.25) is 0 Å². The molecular formula is C22H19FN4O4S. The molecule has 0 aliphatic carbocycles. The van der Waals surface area contributed by atoms with Gasteiger partial charge >= 0.3 is 11.6 Å². The van der Waals surface area contributed by atoms with Crippen molar-refractivity contribution < 1.29 is 17.8 Å². The van der Waals surface area contributed by atoms with Gasteiger partial charge in [-0.3, -0.25) is 4.72 Å². The first-order valence-electron chi connectivity index (χ1n) is 9.60. The van der Waals surface area contributed by atoms with Gasteiger partial charge in [0.1, 0.15) is 11.3 Å². The van der Waals surface area contributed by atoms with Crippen molar-refractivity contribution in [3.8, 4) is 11.8 Å². The lowest BCUT2D eigenvalue weighted by molar-refractivity contribution is 0.440. The standard InChI is InChI=1S/C22H19FN4O4S/c1-13-16-8-7-15(30-22-25-9-4-10-26-22)12-19(16)31-21(28)17(13)11-14-5-3-6-18(20(14)23)27-32(29)24-2/h3-10,12,24,27H,11H2,1-2H3. The van der Waals surface area contributed by atoms with E-state index in [1.807, 2.05) is 0 Å². The number of fused-ring (bicyclic) bond motifs is 1. The van der Waals surface area contributed by atoms with Crippen LogP contribution in [0.4, 0.5) is 10.1 Å². The molecule has 10 heteroatoms. The fourth-order valence-electron chi connectivity index (χ4n) is 3.22. The first-order chi connectivity index (χ1) is 15.5. The molecule has 2 aromatic heterocycles. The van der Waals surface area contributed by atoms with Crippen LogP contribution in [-0.2, 0) is 17.6 Å². The van der Waals surface area contributed by atoms with Crippen LogP contribution in [0.3, 0.4) is 0 Å². The molecule has 0 fully saturated rings. The van der Waals surface area contributed by atoms with E-state index in [-0.39, 0.29) is 23.7 Å². The number of ether oxygens (including phenoxy) is 1. The Morgan fingerprint density at radius 1 is 1.16 bits per heavy atom. The molecule has 0 aliphatic rings. The van der Waals surface area contributed by atoms with Crippen molar-refractivity contribution in [2.24, 2.45) is 0 Å². The molecule has 8 nitrogen and oxygen atoms in total. The Labute approximate surface area is 185 Å². The third-order valence-electron chi connectivity index (χ3n) is 4.84. The number of nitrogens with one attached hydrogen (secondary N) is 2. The zero-order valence-corrected chi connectivity index (χ0v) is 18.0. The molecule has 0 saturated heterocycles. The molecule has 164 valence electrons. The maximum atomic E-state index is 14.9. The lowest BCUT2D eigenvalue weighted by atomic mass is 9.99. The number of aromatic nitrogens is 2. The highest BCUT2D eigenvalue weighted by molar-refractivity contribution is 7.84. The average molecular weight is 454 g/mol. The number of benzene rings is 2. The van der Waals surface area contributed by atoms with Crippen LogP contribution in [0.25, 0.3) is 11.0 Å². The molecule has 0 radical (unpaired) electrons. The summed E-state index contributed by atoms with van der Waals surface area (Å²) in [6.07, 6.45) is 3.13. The molecular weight excluding hydrogens is 435 g/mol. The largest absolute Gasteiger partial charge is 0.424 e. The Morgan fingerprint density at radius 3 is 2.69 bits per heavy atom. The number of nitrogens with zero attached hydrogens (tertiary/aromatic N) is 2. The summed E-state index contributed by atoms with van der Waals surface area (Å²) < 4.78 is 42.7. The van der Waals surface area contributed by atoms with Crippen LogP contribution in [-0.4, -0.2) is 21.2 Å². The van der Waals surface area contributed by atoms with Crippen molar-refractivity contribution in [1.29, 1.82) is 0 Å². The summed E-state index contributed by atoms with van der Waals surface area (Å²) in [6.45, 7) is 1.78. The van der Waals surface area contributed by atoms with Gasteiger partial charge in [0.15, 0.2) is 17.0 Å². The minimum atomic E-state index is -1.63. The number of anilines is 1. The zero-order chi connectivity index (χ0) is 22.7. The van der Waals surface area contributed by atoms with Gasteiger partial charge < -0.3 is 9.15 Å². The Bertz CT molecular complexity index is 1360. The van der Waals surface area contributed by atoms with Crippen LogP contribution in [0.5, 0.6) is 11.8 Å². The molecule has 0 saturated carbocycles. The van der Waals surface area contributed by atoms with Crippen molar-refractivity contribution in [3.05, 3.63) is 87.8 Å². The van der Waals surface area contributed by atoms with E-state index in [0.29, 0.717) is 27.8 Å². The summed E-state index contributed by atoms with van der Waals surface area (Å²) in [5.41, 5.74) is 1.13. The number of halogens is 1. The monoisotopic (exact) mass is 454 g/mol. The first kappa shape index (κ1) is 21.6. The molecule has 2 aromatic carbocycles. The number of hydrogen-bond acceptors (Lipinski definition) is 6. The summed E-state index contributed by atoms with van der Waals surface area (Å²) in [5, 5.41) is 0.701. The highest BCUT2D eigenvalue weighted by atomic mass is 32.2. The highest BCUT2D eigenvalue weighted by Gasteiger charge is 2.17. The average Bonchev–Trinajstić information content (AvgIpc) is 2.79. The maximum Gasteiger partial charge on any atom is 0.340 e. The molecule has 0 aliphatic heterocycles. The normalized spacial score (nSPS) is 12.0. The molecule has 4 rings (SSSR count). The van der Waals surface area contributed by atoms with Gasteiger partial charge in [-0.1, -0.05) is 12.1 Å². The van der Waals surface area contributed by atoms with Crippen LogP contribution in [0, 0.1) is 12.7 Å². The molecule has 0 bridgehead atoms. The lowest BCUT2D eigenvalue weighted by Crippen LogP contribution is -2.19. The van der Waals surface area contributed by atoms with Crippen LogP contribution in [0.2, 0.25) is 0 Å². The Kier molecular flexibility index (Phi) is 6.24. The van der Waals surface area contributed by atoms with Crippen LogP contribution < -0.4 is 19.8 Å². The Balaban J connectivity index is 1.67. The fourth-order valence-corrected chi connectivity index (χ4v) is 3.68. The summed E-state index contributed by atoms with van der Waals surface area (Å²) in [6, 6.07) is 11.6. The zero-order valence-electron chi connectivity index (χ0n) is 17.2. The van der Waals surface area contributed by atoms with E-state index < -0.39 is 22.6 Å². The lowest BCUT2D eigenvalue weighted by Gasteiger charge is -2.12.